The summed E-state index contributed by atoms with van der Waals surface area (Å²) < 4.78 is 58.4. The van der Waals surface area contributed by atoms with Crippen LogP contribution < -0.4 is 22.6 Å². The largest absolute Gasteiger partial charge is 0.472 e. The highest BCUT2D eigenvalue weighted by Crippen LogP contribution is 2.46. The number of hydrogen-bond acceptors (Lipinski definition) is 20. The van der Waals surface area contributed by atoms with Gasteiger partial charge in [0.2, 0.25) is 11.9 Å². The molecule has 9 atom stereocenters. The number of nitrogens with one attached hydrogen (secondary N) is 2. The van der Waals surface area contributed by atoms with Gasteiger partial charge in [-0.3, -0.25) is 46.8 Å². The maximum absolute atomic E-state index is 12.4. The smallest absolute Gasteiger partial charge is 0.388 e. The number of nitrogens with zero attached hydrogens (tertiary/aromatic N) is 6. The number of H-pyrrole nitrogens is 2. The van der Waals surface area contributed by atoms with Gasteiger partial charge in [-0.05, 0) is 0 Å². The molecule has 2 aliphatic rings. The monoisotopic (exact) mass is 796 g/mol. The predicted octanol–water partition coefficient (Wildman–Crippen LogP) is -2.31. The van der Waals surface area contributed by atoms with Gasteiger partial charge in [-0.25, -0.2) is 19.1 Å². The van der Waals surface area contributed by atoms with Gasteiger partial charge in [0.05, 0.1) is 45.2 Å². The zero-order chi connectivity index (χ0) is 37.4. The van der Waals surface area contributed by atoms with E-state index in [2.05, 4.69) is 29.9 Å². The van der Waals surface area contributed by atoms with Crippen molar-refractivity contribution in [3.63, 3.8) is 0 Å². The fourth-order valence-corrected chi connectivity index (χ4v) is 7.72. The first-order chi connectivity index (χ1) is 24.6. The minimum Gasteiger partial charge on any atom is -0.388 e. The van der Waals surface area contributed by atoms with Gasteiger partial charge < -0.3 is 46.0 Å². The summed E-state index contributed by atoms with van der Waals surface area (Å²) in [6, 6.07) is 0. The highest BCUT2D eigenvalue weighted by atomic mass is 32.2. The minimum atomic E-state index is -4.64. The molecule has 0 spiro atoms. The molecule has 2 fully saturated rings. The number of aromatic nitrogens is 8. The van der Waals surface area contributed by atoms with E-state index in [1.807, 2.05) is 0 Å². The number of imidazole rings is 2. The van der Waals surface area contributed by atoms with E-state index < -0.39 is 83.0 Å². The molecule has 2 aliphatic heterocycles. The second kappa shape index (κ2) is 15.6. The molecule has 0 aromatic carbocycles. The topological polar surface area (TPSA) is 370 Å². The summed E-state index contributed by atoms with van der Waals surface area (Å²) in [5.74, 6) is -0.0667. The van der Waals surface area contributed by atoms with Gasteiger partial charge in [0.15, 0.2) is 34.8 Å². The molecule has 4 aromatic rings. The SMILES string of the molecule is Nc1nc2c(ncn2[C@@H]2O[C@H](COP(=O)(O)OCCSCCOP(=O)(O)OC[C@@H]3C[C@@H](O)[C@H](n4cnc5c(=O)[nH]c(N)nc54)O3)[C@@H](O)[C@H]2O)c(=O)[nH]1. The molecule has 52 heavy (non-hydrogen) atoms. The number of phosphoric acid groups is 2. The molecular formula is C24H34N10O15P2S. The summed E-state index contributed by atoms with van der Waals surface area (Å²) in [5.41, 5.74) is 9.94. The first-order valence-corrected chi connectivity index (χ1v) is 19.4. The second-order valence-corrected chi connectivity index (χ2v) is 15.5. The number of aliphatic hydroxyl groups is 3. The van der Waals surface area contributed by atoms with Crippen molar-refractivity contribution in [2.75, 3.05) is 49.4 Å². The third-order valence-electron chi connectivity index (χ3n) is 7.74. The van der Waals surface area contributed by atoms with Crippen molar-refractivity contribution < 1.29 is 61.8 Å². The third kappa shape index (κ3) is 8.55. The molecule has 6 rings (SSSR count). The Balaban J connectivity index is 0.871. The fraction of sp³-hybridized carbons (Fsp3) is 0.583. The Morgan fingerprint density at radius 1 is 0.808 bits per heavy atom. The average Bonchev–Trinajstić information content (AvgIpc) is 3.84. The van der Waals surface area contributed by atoms with Crippen molar-refractivity contribution in [3.8, 4) is 0 Å². The number of phosphoric ester groups is 2. The number of anilines is 2. The lowest BCUT2D eigenvalue weighted by atomic mass is 10.1. The predicted molar refractivity (Wildman–Crippen MR) is 176 cm³/mol. The van der Waals surface area contributed by atoms with Crippen molar-refractivity contribution in [2.45, 2.75) is 49.4 Å². The Kier molecular flexibility index (Phi) is 11.5. The van der Waals surface area contributed by atoms with Crippen LogP contribution in [-0.2, 0) is 36.7 Å². The highest BCUT2D eigenvalue weighted by Gasteiger charge is 2.45. The zero-order valence-electron chi connectivity index (χ0n) is 26.6. The standard InChI is InChI=1S/C24H34N10O15P2S/c25-23-29-17-13(19(38)31-23)27-8-33(17)21-11(35)5-10(48-21)6-46-50(40,41)44-1-3-52-4-2-45-51(42,43)47-7-12-15(36)16(37)22(49-12)34-9-28-14-18(34)30-24(26)32-20(14)39/h8-12,15-16,21-22,35-37H,1-7H2,(H,40,41)(H,42,43)(H3,25,29,31,38)(H3,26,30,32,39)/t10-,11+,12+,15+,16+,21+,22+/m0/s1. The van der Waals surface area contributed by atoms with Crippen molar-refractivity contribution >= 4 is 61.6 Å². The van der Waals surface area contributed by atoms with Crippen molar-refractivity contribution in [2.24, 2.45) is 0 Å². The van der Waals surface area contributed by atoms with Crippen LogP contribution >= 0.6 is 27.4 Å². The van der Waals surface area contributed by atoms with Crippen LogP contribution in [-0.4, -0.2) is 133 Å². The van der Waals surface area contributed by atoms with Crippen LogP contribution in [0.3, 0.4) is 0 Å². The van der Waals surface area contributed by atoms with Crippen molar-refractivity contribution in [1.82, 2.24) is 39.0 Å². The van der Waals surface area contributed by atoms with Crippen LogP contribution in [0, 0.1) is 0 Å². The van der Waals surface area contributed by atoms with E-state index >= 15 is 0 Å². The van der Waals surface area contributed by atoms with E-state index in [0.29, 0.717) is 0 Å². The maximum Gasteiger partial charge on any atom is 0.472 e. The molecule has 0 radical (unpaired) electrons. The quantitative estimate of drug-likeness (QED) is 0.0424. The molecule has 28 heteroatoms. The van der Waals surface area contributed by atoms with Gasteiger partial charge in [-0.2, -0.15) is 21.7 Å². The molecule has 2 unspecified atom stereocenters. The van der Waals surface area contributed by atoms with Crippen LogP contribution in [0.5, 0.6) is 0 Å². The molecule has 286 valence electrons. The summed E-state index contributed by atoms with van der Waals surface area (Å²) in [5, 5.41) is 31.5. The van der Waals surface area contributed by atoms with Crippen molar-refractivity contribution in [1.29, 1.82) is 0 Å². The van der Waals surface area contributed by atoms with Gasteiger partial charge in [-0.15, -0.1) is 0 Å². The van der Waals surface area contributed by atoms with E-state index in [1.165, 1.54) is 15.5 Å². The molecule has 6 heterocycles. The molecule has 11 N–H and O–H groups in total. The Bertz CT molecular complexity index is 2110. The second-order valence-electron chi connectivity index (χ2n) is 11.4. The summed E-state index contributed by atoms with van der Waals surface area (Å²) in [7, 11) is -9.17. The number of aromatic amines is 2. The normalized spacial score (nSPS) is 27.4. The van der Waals surface area contributed by atoms with E-state index in [1.54, 1.807) is 0 Å². The number of thioether (sulfide) groups is 1. The summed E-state index contributed by atoms with van der Waals surface area (Å²) >= 11 is 1.15. The van der Waals surface area contributed by atoms with Crippen molar-refractivity contribution in [3.05, 3.63) is 33.4 Å². The van der Waals surface area contributed by atoms with E-state index in [0.717, 1.165) is 18.1 Å². The van der Waals surface area contributed by atoms with Gasteiger partial charge in [0.25, 0.3) is 11.1 Å². The lowest BCUT2D eigenvalue weighted by molar-refractivity contribution is -0.0512. The van der Waals surface area contributed by atoms with Crippen LogP contribution in [0.1, 0.15) is 18.9 Å². The van der Waals surface area contributed by atoms with E-state index in [9.17, 15) is 43.8 Å². The summed E-state index contributed by atoms with van der Waals surface area (Å²) in [6.45, 7) is -1.59. The van der Waals surface area contributed by atoms with Crippen LogP contribution in [0.4, 0.5) is 11.9 Å². The number of hydrogen-bond donors (Lipinski definition) is 9. The zero-order valence-corrected chi connectivity index (χ0v) is 29.2. The van der Waals surface area contributed by atoms with Crippen LogP contribution in [0.2, 0.25) is 0 Å². The number of nitrogens with two attached hydrogens (primary N) is 2. The number of nitrogen functional groups attached to an aromatic ring is 2. The van der Waals surface area contributed by atoms with Crippen LogP contribution in [0.25, 0.3) is 22.3 Å². The Morgan fingerprint density at radius 3 is 1.88 bits per heavy atom. The number of ether oxygens (including phenoxy) is 2. The molecule has 0 aliphatic carbocycles. The molecule has 0 bridgehead atoms. The Hall–Kier alpha value is -3.33. The third-order valence-corrected chi connectivity index (χ3v) is 10.6. The molecule has 4 aromatic heterocycles. The van der Waals surface area contributed by atoms with Gasteiger partial charge in [0.1, 0.15) is 24.4 Å². The lowest BCUT2D eigenvalue weighted by Gasteiger charge is -2.18. The molecular weight excluding hydrogens is 762 g/mol. The van der Waals surface area contributed by atoms with Gasteiger partial charge in [-0.1, -0.05) is 0 Å². The lowest BCUT2D eigenvalue weighted by Crippen LogP contribution is -2.33. The Labute approximate surface area is 294 Å². The van der Waals surface area contributed by atoms with Crippen LogP contribution in [0.15, 0.2) is 22.2 Å². The number of rotatable bonds is 16. The van der Waals surface area contributed by atoms with Gasteiger partial charge >= 0.3 is 15.6 Å². The average molecular weight is 797 g/mol. The molecule has 25 nitrogen and oxygen atoms in total. The first-order valence-electron chi connectivity index (χ1n) is 15.2. The summed E-state index contributed by atoms with van der Waals surface area (Å²) in [4.78, 5) is 64.7. The Morgan fingerprint density at radius 2 is 1.33 bits per heavy atom. The highest BCUT2D eigenvalue weighted by molar-refractivity contribution is 7.99. The number of fused-ring (bicyclic) bond motifs is 2. The van der Waals surface area contributed by atoms with E-state index in [4.69, 9.17) is 39.0 Å². The minimum absolute atomic E-state index is 0.0142. The molecule has 0 saturated carbocycles. The fourth-order valence-electron chi connectivity index (χ4n) is 5.39. The maximum atomic E-state index is 12.4. The molecule has 2 saturated heterocycles. The first kappa shape index (κ1) is 38.4. The van der Waals surface area contributed by atoms with Gasteiger partial charge in [0, 0.05) is 17.9 Å². The molecule has 0 amide bonds. The summed E-state index contributed by atoms with van der Waals surface area (Å²) in [6.07, 6.45) is -6.17. The number of aliphatic hydroxyl groups excluding tert-OH is 3. The van der Waals surface area contributed by atoms with E-state index in [-0.39, 0.29) is 65.4 Å².